The summed E-state index contributed by atoms with van der Waals surface area (Å²) in [6.45, 7) is -0.369. The predicted octanol–water partition coefficient (Wildman–Crippen LogP) is 2.63. The second-order valence-corrected chi connectivity index (χ2v) is 7.10. The average molecular weight is 378 g/mol. The monoisotopic (exact) mass is 377 g/mol. The zero-order valence-corrected chi connectivity index (χ0v) is 15.0. The summed E-state index contributed by atoms with van der Waals surface area (Å²) < 4.78 is 4.97. The van der Waals surface area contributed by atoms with Gasteiger partial charge in [-0.1, -0.05) is 24.4 Å². The van der Waals surface area contributed by atoms with E-state index in [1.807, 2.05) is 0 Å². The van der Waals surface area contributed by atoms with E-state index in [1.165, 1.54) is 4.90 Å². The summed E-state index contributed by atoms with van der Waals surface area (Å²) in [6.07, 6.45) is 3.30. The van der Waals surface area contributed by atoms with Crippen molar-refractivity contribution in [2.75, 3.05) is 13.2 Å². The van der Waals surface area contributed by atoms with E-state index >= 15 is 0 Å². The minimum atomic E-state index is -0.609. The molecule has 3 rings (SSSR count). The van der Waals surface area contributed by atoms with E-state index in [0.717, 1.165) is 25.7 Å². The number of fused-ring (bicyclic) bond motifs is 1. The number of carbonyl (C=O) groups excluding carboxylic acids is 4. The molecule has 6 nitrogen and oxygen atoms in total. The van der Waals surface area contributed by atoms with E-state index in [0.29, 0.717) is 10.6 Å². The number of halogens is 1. The van der Waals surface area contributed by atoms with Crippen molar-refractivity contribution in [3.63, 3.8) is 0 Å². The normalized spacial score (nSPS) is 22.3. The highest BCUT2D eigenvalue weighted by Gasteiger charge is 2.47. The predicted molar refractivity (Wildman–Crippen MR) is 93.5 cm³/mol. The van der Waals surface area contributed by atoms with Crippen LogP contribution >= 0.6 is 11.6 Å². The van der Waals surface area contributed by atoms with Gasteiger partial charge in [0, 0.05) is 17.1 Å². The van der Waals surface area contributed by atoms with E-state index in [-0.39, 0.29) is 49.0 Å². The van der Waals surface area contributed by atoms with Crippen molar-refractivity contribution < 1.29 is 23.9 Å². The van der Waals surface area contributed by atoms with Crippen molar-refractivity contribution in [3.8, 4) is 0 Å². The van der Waals surface area contributed by atoms with Gasteiger partial charge in [0.05, 0.1) is 18.3 Å². The third-order valence-corrected chi connectivity index (χ3v) is 5.25. The Morgan fingerprint density at radius 1 is 1.04 bits per heavy atom. The standard InChI is InChI=1S/C19H20ClNO5/c20-13-7-5-12(6-8-13)16(22)11-26-17(23)9-10-21-18(24)14-3-1-2-4-15(14)19(21)25/h5-8,14-15H,1-4,9-11H2/t14-,15-/m1/s1. The number of Topliss-reactive ketones (excluding diaryl/α,β-unsaturated/α-hetero) is 1. The van der Waals surface area contributed by atoms with Crippen LogP contribution in [0, 0.1) is 11.8 Å². The van der Waals surface area contributed by atoms with Gasteiger partial charge in [-0.25, -0.2) is 0 Å². The zero-order chi connectivity index (χ0) is 18.7. The minimum Gasteiger partial charge on any atom is -0.457 e. The second-order valence-electron chi connectivity index (χ2n) is 6.67. The molecule has 0 spiro atoms. The maximum Gasteiger partial charge on any atom is 0.308 e. The van der Waals surface area contributed by atoms with E-state index in [1.54, 1.807) is 24.3 Å². The molecule has 0 N–H and O–H groups in total. The van der Waals surface area contributed by atoms with Crippen LogP contribution in [0.5, 0.6) is 0 Å². The number of carbonyl (C=O) groups is 4. The molecule has 2 amide bonds. The first-order valence-electron chi connectivity index (χ1n) is 8.77. The van der Waals surface area contributed by atoms with Crippen LogP contribution in [-0.2, 0) is 19.1 Å². The third kappa shape index (κ3) is 3.96. The van der Waals surface area contributed by atoms with Crippen molar-refractivity contribution in [2.45, 2.75) is 32.1 Å². The molecule has 2 atom stereocenters. The van der Waals surface area contributed by atoms with Gasteiger partial charge in [0.15, 0.2) is 12.4 Å². The first-order chi connectivity index (χ1) is 12.5. The molecule has 1 aromatic carbocycles. The van der Waals surface area contributed by atoms with Gasteiger partial charge in [0.1, 0.15) is 0 Å². The number of ketones is 1. The van der Waals surface area contributed by atoms with Gasteiger partial charge in [0.2, 0.25) is 11.8 Å². The summed E-state index contributed by atoms with van der Waals surface area (Å²) in [5.74, 6) is -1.75. The Labute approximate surface area is 156 Å². The second kappa shape index (κ2) is 7.99. The van der Waals surface area contributed by atoms with E-state index in [9.17, 15) is 19.2 Å². The quantitative estimate of drug-likeness (QED) is 0.432. The van der Waals surface area contributed by atoms with Crippen molar-refractivity contribution >= 4 is 35.2 Å². The van der Waals surface area contributed by atoms with Gasteiger partial charge in [-0.3, -0.25) is 24.1 Å². The van der Waals surface area contributed by atoms with E-state index in [4.69, 9.17) is 16.3 Å². The molecule has 138 valence electrons. The highest BCUT2D eigenvalue weighted by atomic mass is 35.5. The van der Waals surface area contributed by atoms with Gasteiger partial charge < -0.3 is 4.74 Å². The van der Waals surface area contributed by atoms with E-state index in [2.05, 4.69) is 0 Å². The molecule has 2 aliphatic rings. The molecular weight excluding hydrogens is 358 g/mol. The van der Waals surface area contributed by atoms with Gasteiger partial charge in [-0.2, -0.15) is 0 Å². The number of esters is 1. The largest absolute Gasteiger partial charge is 0.457 e. The van der Waals surface area contributed by atoms with Crippen LogP contribution in [0.1, 0.15) is 42.5 Å². The van der Waals surface area contributed by atoms with Crippen molar-refractivity contribution in [3.05, 3.63) is 34.9 Å². The first-order valence-corrected chi connectivity index (χ1v) is 9.15. The van der Waals surface area contributed by atoms with Crippen LogP contribution in [0.15, 0.2) is 24.3 Å². The summed E-state index contributed by atoms with van der Waals surface area (Å²) in [7, 11) is 0. The Kier molecular flexibility index (Phi) is 5.71. The number of ether oxygens (including phenoxy) is 1. The smallest absolute Gasteiger partial charge is 0.308 e. The van der Waals surface area contributed by atoms with Crippen LogP contribution in [0.2, 0.25) is 5.02 Å². The third-order valence-electron chi connectivity index (χ3n) is 5.00. The molecule has 1 aliphatic heterocycles. The van der Waals surface area contributed by atoms with Crippen LogP contribution in [0.3, 0.4) is 0 Å². The molecule has 26 heavy (non-hydrogen) atoms. The summed E-state index contributed by atoms with van der Waals surface area (Å²) in [4.78, 5) is 49.7. The summed E-state index contributed by atoms with van der Waals surface area (Å²) >= 11 is 5.76. The minimum absolute atomic E-state index is 0.0125. The molecular formula is C19H20ClNO5. The molecule has 0 radical (unpaired) electrons. The number of likely N-dealkylation sites (tertiary alicyclic amines) is 1. The molecule has 1 saturated heterocycles. The van der Waals surface area contributed by atoms with Gasteiger partial charge in [0.25, 0.3) is 0 Å². The summed E-state index contributed by atoms with van der Waals surface area (Å²) in [5.41, 5.74) is 0.399. The Bertz CT molecular complexity index is 706. The number of hydrogen-bond donors (Lipinski definition) is 0. The lowest BCUT2D eigenvalue weighted by Gasteiger charge is -2.19. The number of imide groups is 1. The van der Waals surface area contributed by atoms with Crippen LogP contribution in [0.4, 0.5) is 0 Å². The molecule has 1 saturated carbocycles. The lowest BCUT2D eigenvalue weighted by molar-refractivity contribution is -0.145. The number of amides is 2. The van der Waals surface area contributed by atoms with Crippen molar-refractivity contribution in [1.82, 2.24) is 4.90 Å². The first kappa shape index (κ1) is 18.6. The summed E-state index contributed by atoms with van der Waals surface area (Å²) in [6, 6.07) is 6.28. The molecule has 1 aliphatic carbocycles. The lowest BCUT2D eigenvalue weighted by Crippen LogP contribution is -2.33. The van der Waals surface area contributed by atoms with Crippen LogP contribution in [-0.4, -0.2) is 41.6 Å². The van der Waals surface area contributed by atoms with Gasteiger partial charge >= 0.3 is 5.97 Å². The average Bonchev–Trinajstić information content (AvgIpc) is 2.89. The lowest BCUT2D eigenvalue weighted by atomic mass is 9.81. The molecule has 7 heteroatoms. The fourth-order valence-electron chi connectivity index (χ4n) is 3.59. The topological polar surface area (TPSA) is 80.8 Å². The summed E-state index contributed by atoms with van der Waals surface area (Å²) in [5, 5.41) is 0.513. The molecule has 0 aromatic heterocycles. The van der Waals surface area contributed by atoms with Crippen molar-refractivity contribution in [2.24, 2.45) is 11.8 Å². The number of benzene rings is 1. The maximum absolute atomic E-state index is 12.3. The Morgan fingerprint density at radius 2 is 1.62 bits per heavy atom. The molecule has 1 heterocycles. The molecule has 0 bridgehead atoms. The number of nitrogens with zero attached hydrogens (tertiary/aromatic N) is 1. The fourth-order valence-corrected chi connectivity index (χ4v) is 3.72. The van der Waals surface area contributed by atoms with Crippen LogP contribution in [0.25, 0.3) is 0 Å². The Balaban J connectivity index is 1.47. The zero-order valence-electron chi connectivity index (χ0n) is 14.3. The van der Waals surface area contributed by atoms with Crippen LogP contribution < -0.4 is 0 Å². The number of hydrogen-bond acceptors (Lipinski definition) is 5. The van der Waals surface area contributed by atoms with E-state index < -0.39 is 5.97 Å². The fraction of sp³-hybridized carbons (Fsp3) is 0.474. The molecule has 1 aromatic rings. The van der Waals surface area contributed by atoms with Gasteiger partial charge in [-0.05, 0) is 37.1 Å². The number of rotatable bonds is 6. The van der Waals surface area contributed by atoms with Gasteiger partial charge in [-0.15, -0.1) is 0 Å². The Morgan fingerprint density at radius 3 is 2.19 bits per heavy atom. The Hall–Kier alpha value is -2.21. The highest BCUT2D eigenvalue weighted by Crippen LogP contribution is 2.37. The molecule has 0 unspecified atom stereocenters. The maximum atomic E-state index is 12.3. The SMILES string of the molecule is O=C(CCN1C(=O)[C@@H]2CCCC[C@H]2C1=O)OCC(=O)c1ccc(Cl)cc1. The molecule has 2 fully saturated rings. The highest BCUT2D eigenvalue weighted by molar-refractivity contribution is 6.30. The van der Waals surface area contributed by atoms with Crippen molar-refractivity contribution in [1.29, 1.82) is 0 Å².